The van der Waals surface area contributed by atoms with Crippen molar-refractivity contribution < 1.29 is 14.6 Å². The Labute approximate surface area is 109 Å². The molecule has 2 heterocycles. The maximum Gasteiger partial charge on any atom is 0.349 e. The number of nitrogens with zero attached hydrogens (tertiary/aromatic N) is 1. The molecule has 0 aliphatic rings. The molecule has 2 aromatic heterocycles. The Kier molecular flexibility index (Phi) is 3.62. The highest BCUT2D eigenvalue weighted by Gasteiger charge is 2.15. The zero-order valence-electron chi connectivity index (χ0n) is 10.1. The summed E-state index contributed by atoms with van der Waals surface area (Å²) in [5.41, 5.74) is 1.98. The van der Waals surface area contributed by atoms with Crippen molar-refractivity contribution in [1.82, 2.24) is 4.98 Å². The number of aromatic carboxylic acids is 1. The molecule has 1 N–H and O–H groups in total. The van der Waals surface area contributed by atoms with Gasteiger partial charge in [-0.3, -0.25) is 4.98 Å². The second-order valence-corrected chi connectivity index (χ2v) is 5.27. The van der Waals surface area contributed by atoms with E-state index in [1.807, 2.05) is 19.9 Å². The van der Waals surface area contributed by atoms with Crippen molar-refractivity contribution in [2.45, 2.75) is 20.5 Å². The van der Waals surface area contributed by atoms with Crippen LogP contribution in [-0.4, -0.2) is 16.1 Å². The Bertz CT molecular complexity index is 577. The second-order valence-electron chi connectivity index (χ2n) is 4.01. The monoisotopic (exact) mass is 263 g/mol. The molecular formula is C13H13NO3S. The number of carboxylic acid groups (broad SMARTS) is 1. The summed E-state index contributed by atoms with van der Waals surface area (Å²) in [5, 5.41) is 9.04. The van der Waals surface area contributed by atoms with Gasteiger partial charge in [-0.25, -0.2) is 4.79 Å². The van der Waals surface area contributed by atoms with Gasteiger partial charge in [0.2, 0.25) is 0 Å². The number of hydrogen-bond acceptors (Lipinski definition) is 4. The lowest BCUT2D eigenvalue weighted by Crippen LogP contribution is -2.00. The highest BCUT2D eigenvalue weighted by Crippen LogP contribution is 2.29. The molecule has 0 saturated carbocycles. The average Bonchev–Trinajstić information content (AvgIpc) is 2.68. The largest absolute Gasteiger partial charge is 0.487 e. The molecular weight excluding hydrogens is 250 g/mol. The van der Waals surface area contributed by atoms with Crippen LogP contribution in [0, 0.1) is 13.8 Å². The van der Waals surface area contributed by atoms with Gasteiger partial charge in [0.25, 0.3) is 0 Å². The first kappa shape index (κ1) is 12.6. The summed E-state index contributed by atoms with van der Waals surface area (Å²) in [6.45, 7) is 4.14. The van der Waals surface area contributed by atoms with E-state index in [0.29, 0.717) is 12.4 Å². The van der Waals surface area contributed by atoms with Gasteiger partial charge in [0.1, 0.15) is 12.4 Å². The zero-order valence-corrected chi connectivity index (χ0v) is 11.0. The number of rotatable bonds is 4. The zero-order chi connectivity index (χ0) is 13.1. The Hall–Kier alpha value is -1.88. The van der Waals surface area contributed by atoms with Gasteiger partial charge >= 0.3 is 5.97 Å². The molecule has 0 spiro atoms. The van der Waals surface area contributed by atoms with Crippen LogP contribution in [0.3, 0.4) is 0 Å². The maximum absolute atomic E-state index is 11.0. The van der Waals surface area contributed by atoms with E-state index in [4.69, 9.17) is 9.84 Å². The van der Waals surface area contributed by atoms with Gasteiger partial charge in [-0.2, -0.15) is 0 Å². The number of hydrogen-bond donors (Lipinski definition) is 1. The first-order valence-electron chi connectivity index (χ1n) is 5.43. The normalized spacial score (nSPS) is 10.3. The lowest BCUT2D eigenvalue weighted by atomic mass is 10.2. The van der Waals surface area contributed by atoms with Gasteiger partial charge in [0.05, 0.1) is 0 Å². The van der Waals surface area contributed by atoms with E-state index in [9.17, 15) is 4.79 Å². The average molecular weight is 263 g/mol. The molecule has 0 radical (unpaired) electrons. The summed E-state index contributed by atoms with van der Waals surface area (Å²) in [5.74, 6) is -0.531. The van der Waals surface area contributed by atoms with Crippen LogP contribution in [0.25, 0.3) is 0 Å². The second kappa shape index (κ2) is 5.18. The third-order valence-electron chi connectivity index (χ3n) is 2.34. The number of carbonyl (C=O) groups is 1. The molecule has 18 heavy (non-hydrogen) atoms. The number of aromatic nitrogens is 1. The lowest BCUT2D eigenvalue weighted by molar-refractivity contribution is 0.0697. The minimum absolute atomic E-state index is 0.244. The summed E-state index contributed by atoms with van der Waals surface area (Å²) in [4.78, 5) is 16.2. The fraction of sp³-hybridized carbons (Fsp3) is 0.231. The SMILES string of the molecule is Cc1cncc(COc2cc(C)sc2C(=O)O)c1. The molecule has 2 rings (SSSR count). The molecule has 0 aliphatic heterocycles. The maximum atomic E-state index is 11.0. The van der Waals surface area contributed by atoms with Crippen LogP contribution in [-0.2, 0) is 6.61 Å². The highest BCUT2D eigenvalue weighted by atomic mass is 32.1. The third-order valence-corrected chi connectivity index (χ3v) is 3.36. The number of carboxylic acids is 1. The summed E-state index contributed by atoms with van der Waals surface area (Å²) in [6, 6.07) is 3.71. The van der Waals surface area contributed by atoms with Crippen molar-refractivity contribution in [3.8, 4) is 5.75 Å². The van der Waals surface area contributed by atoms with Crippen LogP contribution >= 0.6 is 11.3 Å². The number of ether oxygens (including phenoxy) is 1. The molecule has 0 bridgehead atoms. The summed E-state index contributed by atoms with van der Waals surface area (Å²) in [7, 11) is 0. The first-order chi connectivity index (χ1) is 8.56. The van der Waals surface area contributed by atoms with Crippen LogP contribution in [0.4, 0.5) is 0 Å². The lowest BCUT2D eigenvalue weighted by Gasteiger charge is -2.05. The highest BCUT2D eigenvalue weighted by molar-refractivity contribution is 7.14. The van der Waals surface area contributed by atoms with Gasteiger partial charge in [-0.15, -0.1) is 11.3 Å². The molecule has 0 saturated heterocycles. The standard InChI is InChI=1S/C13H13NO3S/c1-8-3-10(6-14-5-8)7-17-11-4-9(2)18-12(11)13(15)16/h3-6H,7H2,1-2H3,(H,15,16). The van der Waals surface area contributed by atoms with E-state index in [1.165, 1.54) is 11.3 Å². The number of thiophene rings is 1. The molecule has 94 valence electrons. The number of pyridine rings is 1. The van der Waals surface area contributed by atoms with E-state index in [0.717, 1.165) is 16.0 Å². The molecule has 0 atom stereocenters. The molecule has 0 amide bonds. The molecule has 0 aliphatic carbocycles. The first-order valence-corrected chi connectivity index (χ1v) is 6.25. The van der Waals surface area contributed by atoms with Crippen molar-refractivity contribution in [3.05, 3.63) is 45.4 Å². The predicted octanol–water partition coefficient (Wildman–Crippen LogP) is 3.04. The molecule has 0 fully saturated rings. The topological polar surface area (TPSA) is 59.4 Å². The van der Waals surface area contributed by atoms with E-state index in [-0.39, 0.29) is 4.88 Å². The molecule has 0 unspecified atom stereocenters. The van der Waals surface area contributed by atoms with E-state index >= 15 is 0 Å². The van der Waals surface area contributed by atoms with Crippen LogP contribution < -0.4 is 4.74 Å². The Morgan fingerprint density at radius 3 is 2.83 bits per heavy atom. The fourth-order valence-electron chi connectivity index (χ4n) is 1.60. The van der Waals surface area contributed by atoms with Crippen LogP contribution in [0.15, 0.2) is 24.5 Å². The van der Waals surface area contributed by atoms with Crippen LogP contribution in [0.1, 0.15) is 25.7 Å². The van der Waals surface area contributed by atoms with Gasteiger partial charge < -0.3 is 9.84 Å². The third kappa shape index (κ3) is 2.87. The Morgan fingerprint density at radius 2 is 2.17 bits per heavy atom. The smallest absolute Gasteiger partial charge is 0.349 e. The summed E-state index contributed by atoms with van der Waals surface area (Å²) < 4.78 is 5.55. The van der Waals surface area contributed by atoms with Crippen LogP contribution in [0.5, 0.6) is 5.75 Å². The fourth-order valence-corrected chi connectivity index (χ4v) is 2.40. The summed E-state index contributed by atoms with van der Waals surface area (Å²) >= 11 is 1.22. The minimum atomic E-state index is -0.953. The van der Waals surface area contributed by atoms with Crippen molar-refractivity contribution in [1.29, 1.82) is 0 Å². The molecule has 2 aromatic rings. The Balaban J connectivity index is 2.13. The summed E-state index contributed by atoms with van der Waals surface area (Å²) in [6.07, 6.45) is 3.48. The van der Waals surface area contributed by atoms with Crippen molar-refractivity contribution in [3.63, 3.8) is 0 Å². The van der Waals surface area contributed by atoms with Crippen molar-refractivity contribution in [2.24, 2.45) is 0 Å². The van der Waals surface area contributed by atoms with Crippen molar-refractivity contribution >= 4 is 17.3 Å². The van der Waals surface area contributed by atoms with Gasteiger partial charge in [-0.05, 0) is 31.5 Å². The predicted molar refractivity (Wildman–Crippen MR) is 69.3 cm³/mol. The molecule has 4 nitrogen and oxygen atoms in total. The molecule has 5 heteroatoms. The minimum Gasteiger partial charge on any atom is -0.487 e. The van der Waals surface area contributed by atoms with Gasteiger partial charge in [0, 0.05) is 22.8 Å². The van der Waals surface area contributed by atoms with E-state index < -0.39 is 5.97 Å². The van der Waals surface area contributed by atoms with Crippen molar-refractivity contribution in [2.75, 3.05) is 0 Å². The van der Waals surface area contributed by atoms with E-state index in [1.54, 1.807) is 18.5 Å². The molecule has 0 aromatic carbocycles. The van der Waals surface area contributed by atoms with Gasteiger partial charge in [0.15, 0.2) is 4.88 Å². The van der Waals surface area contributed by atoms with Gasteiger partial charge in [-0.1, -0.05) is 0 Å². The quantitative estimate of drug-likeness (QED) is 0.921. The van der Waals surface area contributed by atoms with Crippen LogP contribution in [0.2, 0.25) is 0 Å². The Morgan fingerprint density at radius 1 is 1.39 bits per heavy atom. The van der Waals surface area contributed by atoms with E-state index in [2.05, 4.69) is 4.98 Å². The number of aryl methyl sites for hydroxylation is 2.